The predicted octanol–water partition coefficient (Wildman–Crippen LogP) is -0.178. The molecular formula is C13H18N4O4. The van der Waals surface area contributed by atoms with E-state index >= 15 is 0 Å². The minimum absolute atomic E-state index is 0.127. The van der Waals surface area contributed by atoms with Gasteiger partial charge in [-0.3, -0.25) is 9.59 Å². The fraction of sp³-hybridized carbons (Fsp3) is 0.462. The van der Waals surface area contributed by atoms with Crippen molar-refractivity contribution in [2.24, 2.45) is 5.92 Å². The van der Waals surface area contributed by atoms with E-state index in [0.29, 0.717) is 6.42 Å². The molecule has 1 rings (SSSR count). The minimum atomic E-state index is -1.10. The van der Waals surface area contributed by atoms with Gasteiger partial charge in [0.25, 0.3) is 5.91 Å². The van der Waals surface area contributed by atoms with Gasteiger partial charge in [0.15, 0.2) is 0 Å². The largest absolute Gasteiger partial charge is 0.480 e. The van der Waals surface area contributed by atoms with Crippen molar-refractivity contribution >= 4 is 17.8 Å². The molecule has 8 heteroatoms. The van der Waals surface area contributed by atoms with Crippen LogP contribution in [-0.4, -0.2) is 45.4 Å². The zero-order valence-corrected chi connectivity index (χ0v) is 11.9. The van der Waals surface area contributed by atoms with Gasteiger partial charge in [-0.2, -0.15) is 0 Å². The van der Waals surface area contributed by atoms with Crippen molar-refractivity contribution in [3.8, 4) is 0 Å². The van der Waals surface area contributed by atoms with Gasteiger partial charge in [-0.25, -0.2) is 14.8 Å². The number of hydrogen-bond donors (Lipinski definition) is 3. The minimum Gasteiger partial charge on any atom is -0.480 e. The maximum atomic E-state index is 11.7. The summed E-state index contributed by atoms with van der Waals surface area (Å²) in [7, 11) is 0. The van der Waals surface area contributed by atoms with Crippen LogP contribution in [0.2, 0.25) is 0 Å². The Morgan fingerprint density at radius 1 is 1.24 bits per heavy atom. The fourth-order valence-electron chi connectivity index (χ4n) is 1.62. The van der Waals surface area contributed by atoms with E-state index in [-0.39, 0.29) is 18.0 Å². The first-order chi connectivity index (χ1) is 9.90. The Morgan fingerprint density at radius 3 is 2.38 bits per heavy atom. The third kappa shape index (κ3) is 5.98. The molecule has 0 fully saturated rings. The third-order valence-electron chi connectivity index (χ3n) is 2.57. The number of carboxylic acid groups (broad SMARTS) is 1. The predicted molar refractivity (Wildman–Crippen MR) is 73.4 cm³/mol. The summed E-state index contributed by atoms with van der Waals surface area (Å²) < 4.78 is 0. The molecule has 0 aliphatic carbocycles. The summed E-state index contributed by atoms with van der Waals surface area (Å²) in [4.78, 5) is 41.7. The number of amides is 2. The summed E-state index contributed by atoms with van der Waals surface area (Å²) in [6.07, 6.45) is 4.24. The fourth-order valence-corrected chi connectivity index (χ4v) is 1.62. The lowest BCUT2D eigenvalue weighted by atomic mass is 10.0. The topological polar surface area (TPSA) is 121 Å². The molecule has 21 heavy (non-hydrogen) atoms. The SMILES string of the molecule is CC(C)C[C@H](NC(=O)CNC(=O)c1cncnc1)C(=O)O. The first-order valence-corrected chi connectivity index (χ1v) is 6.45. The lowest BCUT2D eigenvalue weighted by molar-refractivity contribution is -0.142. The highest BCUT2D eigenvalue weighted by molar-refractivity contribution is 5.96. The molecule has 1 aromatic heterocycles. The molecule has 1 heterocycles. The Morgan fingerprint density at radius 2 is 1.86 bits per heavy atom. The van der Waals surface area contributed by atoms with Gasteiger partial charge in [-0.1, -0.05) is 13.8 Å². The van der Waals surface area contributed by atoms with Gasteiger partial charge in [0.2, 0.25) is 5.91 Å². The van der Waals surface area contributed by atoms with E-state index in [1.807, 2.05) is 13.8 Å². The maximum Gasteiger partial charge on any atom is 0.326 e. The highest BCUT2D eigenvalue weighted by Gasteiger charge is 2.21. The van der Waals surface area contributed by atoms with Crippen molar-refractivity contribution in [2.75, 3.05) is 6.54 Å². The molecule has 8 nitrogen and oxygen atoms in total. The van der Waals surface area contributed by atoms with Gasteiger partial charge >= 0.3 is 5.97 Å². The second-order valence-corrected chi connectivity index (χ2v) is 4.90. The van der Waals surface area contributed by atoms with Crippen LogP contribution >= 0.6 is 0 Å². The smallest absolute Gasteiger partial charge is 0.326 e. The molecule has 0 radical (unpaired) electrons. The normalized spacial score (nSPS) is 11.8. The average molecular weight is 294 g/mol. The molecule has 0 aliphatic rings. The van der Waals surface area contributed by atoms with Crippen molar-refractivity contribution in [1.29, 1.82) is 0 Å². The average Bonchev–Trinajstić information content (AvgIpc) is 2.44. The van der Waals surface area contributed by atoms with Crippen LogP contribution in [0.1, 0.15) is 30.6 Å². The Hall–Kier alpha value is -2.51. The number of hydrogen-bond acceptors (Lipinski definition) is 5. The summed E-state index contributed by atoms with van der Waals surface area (Å²) in [5.74, 6) is -2.03. The van der Waals surface area contributed by atoms with Gasteiger partial charge in [0.1, 0.15) is 12.4 Å². The molecule has 0 aliphatic heterocycles. The lowest BCUT2D eigenvalue weighted by Gasteiger charge is -2.16. The van der Waals surface area contributed by atoms with E-state index < -0.39 is 23.8 Å². The van der Waals surface area contributed by atoms with Crippen molar-refractivity contribution in [2.45, 2.75) is 26.3 Å². The van der Waals surface area contributed by atoms with Crippen molar-refractivity contribution in [3.05, 3.63) is 24.3 Å². The Kier molecular flexibility index (Phi) is 6.25. The molecule has 3 N–H and O–H groups in total. The summed E-state index contributed by atoms with van der Waals surface area (Å²) >= 11 is 0. The second-order valence-electron chi connectivity index (χ2n) is 4.90. The summed E-state index contributed by atoms with van der Waals surface area (Å²) in [5.41, 5.74) is 0.224. The van der Waals surface area contributed by atoms with Crippen molar-refractivity contribution in [3.63, 3.8) is 0 Å². The highest BCUT2D eigenvalue weighted by atomic mass is 16.4. The number of rotatable bonds is 7. The molecule has 0 aromatic carbocycles. The molecule has 0 bridgehead atoms. The van der Waals surface area contributed by atoms with E-state index in [0.717, 1.165) is 0 Å². The summed E-state index contributed by atoms with van der Waals surface area (Å²) in [6, 6.07) is -0.963. The molecule has 0 unspecified atom stereocenters. The number of carbonyl (C=O) groups is 3. The van der Waals surface area contributed by atoms with Gasteiger partial charge in [-0.15, -0.1) is 0 Å². The van der Waals surface area contributed by atoms with Crippen LogP contribution in [0.15, 0.2) is 18.7 Å². The van der Waals surface area contributed by atoms with E-state index in [9.17, 15) is 14.4 Å². The van der Waals surface area contributed by atoms with Crippen LogP contribution in [0.25, 0.3) is 0 Å². The molecule has 2 amide bonds. The van der Waals surface area contributed by atoms with Crippen LogP contribution in [0, 0.1) is 5.92 Å². The zero-order valence-electron chi connectivity index (χ0n) is 11.9. The van der Waals surface area contributed by atoms with E-state index in [4.69, 9.17) is 5.11 Å². The number of carbonyl (C=O) groups excluding carboxylic acids is 2. The van der Waals surface area contributed by atoms with Gasteiger partial charge < -0.3 is 15.7 Å². The number of aromatic nitrogens is 2. The van der Waals surface area contributed by atoms with Gasteiger partial charge in [-0.05, 0) is 12.3 Å². The molecule has 0 spiro atoms. The standard InChI is InChI=1S/C13H18N4O4/c1-8(2)3-10(13(20)21)17-11(18)6-16-12(19)9-4-14-7-15-5-9/h4-5,7-8,10H,3,6H2,1-2H3,(H,16,19)(H,17,18)(H,20,21)/t10-/m0/s1. The first-order valence-electron chi connectivity index (χ1n) is 6.45. The van der Waals surface area contributed by atoms with Crippen LogP contribution in [0.3, 0.4) is 0 Å². The summed E-state index contributed by atoms with van der Waals surface area (Å²) in [6.45, 7) is 3.41. The second kappa shape index (κ2) is 7.93. The molecule has 1 atom stereocenters. The van der Waals surface area contributed by atoms with E-state index in [1.165, 1.54) is 18.7 Å². The highest BCUT2D eigenvalue weighted by Crippen LogP contribution is 2.04. The number of nitrogens with zero attached hydrogens (tertiary/aromatic N) is 2. The van der Waals surface area contributed by atoms with E-state index in [1.54, 1.807) is 0 Å². The molecule has 114 valence electrons. The Labute approximate surface area is 122 Å². The molecule has 0 saturated carbocycles. The molecule has 1 aromatic rings. The quantitative estimate of drug-likeness (QED) is 0.641. The monoisotopic (exact) mass is 294 g/mol. The Balaban J connectivity index is 2.46. The van der Waals surface area contributed by atoms with Crippen LogP contribution in [-0.2, 0) is 9.59 Å². The Bertz CT molecular complexity index is 504. The molecular weight excluding hydrogens is 276 g/mol. The number of nitrogens with one attached hydrogen (secondary N) is 2. The van der Waals surface area contributed by atoms with Crippen LogP contribution in [0.4, 0.5) is 0 Å². The summed E-state index contributed by atoms with van der Waals surface area (Å²) in [5, 5.41) is 13.8. The molecule has 0 saturated heterocycles. The van der Waals surface area contributed by atoms with Crippen LogP contribution in [0.5, 0.6) is 0 Å². The number of carboxylic acids is 1. The first kappa shape index (κ1) is 16.5. The number of aliphatic carboxylic acids is 1. The third-order valence-corrected chi connectivity index (χ3v) is 2.57. The zero-order chi connectivity index (χ0) is 15.8. The van der Waals surface area contributed by atoms with Gasteiger partial charge in [0.05, 0.1) is 12.1 Å². The van der Waals surface area contributed by atoms with Crippen molar-refractivity contribution in [1.82, 2.24) is 20.6 Å². The van der Waals surface area contributed by atoms with E-state index in [2.05, 4.69) is 20.6 Å². The van der Waals surface area contributed by atoms with Crippen LogP contribution < -0.4 is 10.6 Å². The lowest BCUT2D eigenvalue weighted by Crippen LogP contribution is -2.46. The van der Waals surface area contributed by atoms with Crippen molar-refractivity contribution < 1.29 is 19.5 Å². The maximum absolute atomic E-state index is 11.7. The van der Waals surface area contributed by atoms with Gasteiger partial charge in [0, 0.05) is 12.4 Å².